The molecule has 90 valence electrons. The van der Waals surface area contributed by atoms with E-state index in [9.17, 15) is 14.3 Å². The van der Waals surface area contributed by atoms with E-state index in [4.69, 9.17) is 0 Å². The Kier molecular flexibility index (Phi) is 2.12. The molecule has 0 unspecified atom stereocenters. The highest BCUT2D eigenvalue weighted by Crippen LogP contribution is 2.21. The van der Waals surface area contributed by atoms with E-state index in [2.05, 4.69) is 15.1 Å². The number of aromatic hydroxyl groups is 1. The van der Waals surface area contributed by atoms with Crippen LogP contribution in [0.5, 0.6) is 5.88 Å². The van der Waals surface area contributed by atoms with E-state index in [1.807, 2.05) is 0 Å². The first-order chi connectivity index (χ1) is 8.66. The summed E-state index contributed by atoms with van der Waals surface area (Å²) < 4.78 is 14.6. The molecule has 18 heavy (non-hydrogen) atoms. The molecule has 0 aliphatic carbocycles. The fourth-order valence-electron chi connectivity index (χ4n) is 1.69. The van der Waals surface area contributed by atoms with Crippen LogP contribution in [0, 0.1) is 5.82 Å². The van der Waals surface area contributed by atoms with E-state index < -0.39 is 17.3 Å². The Labute approximate surface area is 99.4 Å². The Bertz CT molecular complexity index is 793. The van der Waals surface area contributed by atoms with Gasteiger partial charge in [0, 0.05) is 6.20 Å². The van der Waals surface area contributed by atoms with Gasteiger partial charge in [0.25, 0.3) is 11.4 Å². The first-order valence-corrected chi connectivity index (χ1v) is 5.08. The number of aromatic amines is 1. The molecule has 0 spiro atoms. The number of pyridine rings is 1. The van der Waals surface area contributed by atoms with Crippen LogP contribution in [0.3, 0.4) is 0 Å². The van der Waals surface area contributed by atoms with Gasteiger partial charge in [0.2, 0.25) is 5.82 Å². The number of aromatic nitrogens is 4. The second kappa shape index (κ2) is 3.66. The van der Waals surface area contributed by atoms with Crippen molar-refractivity contribution in [3.8, 4) is 17.3 Å². The van der Waals surface area contributed by atoms with Crippen molar-refractivity contribution in [3.63, 3.8) is 0 Å². The van der Waals surface area contributed by atoms with Crippen molar-refractivity contribution in [2.75, 3.05) is 0 Å². The fourth-order valence-corrected chi connectivity index (χ4v) is 1.69. The predicted molar refractivity (Wildman–Crippen MR) is 60.7 cm³/mol. The summed E-state index contributed by atoms with van der Waals surface area (Å²) in [6, 6.07) is 5.35. The lowest BCUT2D eigenvalue weighted by Crippen LogP contribution is -2.13. The maximum absolute atomic E-state index is 13.0. The molecular weight excluding hydrogens is 239 g/mol. The average Bonchev–Trinajstić information content (AvgIpc) is 2.79. The summed E-state index contributed by atoms with van der Waals surface area (Å²) >= 11 is 0. The largest absolute Gasteiger partial charge is 0.491 e. The molecule has 2 N–H and O–H groups in total. The van der Waals surface area contributed by atoms with Gasteiger partial charge in [-0.1, -0.05) is 6.07 Å². The molecule has 7 heteroatoms. The number of halogens is 1. The third-order valence-electron chi connectivity index (χ3n) is 2.53. The number of rotatable bonds is 1. The monoisotopic (exact) mass is 246 g/mol. The summed E-state index contributed by atoms with van der Waals surface area (Å²) in [6.45, 7) is 0. The number of nitrogens with zero attached hydrogens (tertiary/aromatic N) is 3. The van der Waals surface area contributed by atoms with Crippen LogP contribution in [-0.4, -0.2) is 24.7 Å². The number of hydrogen-bond acceptors (Lipinski definition) is 4. The molecule has 0 radical (unpaired) electrons. The van der Waals surface area contributed by atoms with Crippen molar-refractivity contribution >= 4 is 5.52 Å². The molecule has 0 amide bonds. The maximum Gasteiger partial charge on any atom is 0.291 e. The molecule has 0 aliphatic rings. The highest BCUT2D eigenvalue weighted by molar-refractivity contribution is 5.75. The number of fused-ring (bicyclic) bond motifs is 1. The summed E-state index contributed by atoms with van der Waals surface area (Å²) in [5.41, 5.74) is 0.169. The van der Waals surface area contributed by atoms with Crippen molar-refractivity contribution in [1.82, 2.24) is 19.6 Å². The summed E-state index contributed by atoms with van der Waals surface area (Å²) in [7, 11) is 0. The van der Waals surface area contributed by atoms with Gasteiger partial charge < -0.3 is 10.1 Å². The molecule has 3 rings (SSSR count). The van der Waals surface area contributed by atoms with E-state index in [0.717, 1.165) is 0 Å². The van der Waals surface area contributed by atoms with E-state index in [1.54, 1.807) is 28.9 Å². The highest BCUT2D eigenvalue weighted by Gasteiger charge is 2.14. The van der Waals surface area contributed by atoms with Gasteiger partial charge in [0.15, 0.2) is 0 Å². The van der Waals surface area contributed by atoms with Crippen LogP contribution < -0.4 is 5.56 Å². The van der Waals surface area contributed by atoms with Crippen LogP contribution in [0.15, 0.2) is 35.4 Å². The SMILES string of the molecule is O=c1[nH]c(-c2cnn3ccccc23)nc(O)c1F. The molecule has 3 heterocycles. The van der Waals surface area contributed by atoms with E-state index in [1.165, 1.54) is 6.20 Å². The van der Waals surface area contributed by atoms with Crippen molar-refractivity contribution in [2.24, 2.45) is 0 Å². The number of hydrogen-bond donors (Lipinski definition) is 2. The summed E-state index contributed by atoms with van der Waals surface area (Å²) in [5, 5.41) is 13.3. The zero-order chi connectivity index (χ0) is 12.7. The topological polar surface area (TPSA) is 83.3 Å². The first-order valence-electron chi connectivity index (χ1n) is 5.08. The zero-order valence-corrected chi connectivity index (χ0v) is 8.96. The third-order valence-corrected chi connectivity index (χ3v) is 2.53. The molecule has 3 aromatic heterocycles. The zero-order valence-electron chi connectivity index (χ0n) is 8.96. The van der Waals surface area contributed by atoms with E-state index in [0.29, 0.717) is 11.1 Å². The minimum Gasteiger partial charge on any atom is -0.491 e. The number of H-pyrrole nitrogens is 1. The van der Waals surface area contributed by atoms with Crippen LogP contribution in [0.4, 0.5) is 4.39 Å². The Balaban J connectivity index is 2.30. The predicted octanol–water partition coefficient (Wildman–Crippen LogP) is 0.929. The Hall–Kier alpha value is -2.70. The fraction of sp³-hybridized carbons (Fsp3) is 0. The van der Waals surface area contributed by atoms with Gasteiger partial charge >= 0.3 is 0 Å². The molecule has 0 saturated heterocycles. The Morgan fingerprint density at radius 1 is 1.39 bits per heavy atom. The molecule has 0 atom stereocenters. The lowest BCUT2D eigenvalue weighted by molar-refractivity contribution is 0.405. The molecule has 0 saturated carbocycles. The minimum absolute atomic E-state index is 0.0695. The summed E-state index contributed by atoms with van der Waals surface area (Å²) in [5.74, 6) is -2.15. The van der Waals surface area contributed by atoms with Gasteiger partial charge in [-0.2, -0.15) is 14.5 Å². The second-order valence-electron chi connectivity index (χ2n) is 3.64. The standard InChI is InChI=1S/C11H7FN4O2/c12-8-10(17)14-9(15-11(8)18)6-5-13-16-4-2-1-3-7(6)16/h1-5H,(H2,14,15,17,18). The molecule has 3 aromatic rings. The van der Waals surface area contributed by atoms with Crippen molar-refractivity contribution in [3.05, 3.63) is 46.8 Å². The van der Waals surface area contributed by atoms with Gasteiger partial charge in [-0.3, -0.25) is 4.79 Å². The van der Waals surface area contributed by atoms with Crippen LogP contribution in [0.2, 0.25) is 0 Å². The molecular formula is C11H7FN4O2. The van der Waals surface area contributed by atoms with Gasteiger partial charge in [-0.25, -0.2) is 4.52 Å². The second-order valence-corrected chi connectivity index (χ2v) is 3.64. The van der Waals surface area contributed by atoms with Crippen molar-refractivity contribution in [1.29, 1.82) is 0 Å². The van der Waals surface area contributed by atoms with Crippen molar-refractivity contribution in [2.45, 2.75) is 0 Å². The smallest absolute Gasteiger partial charge is 0.291 e. The Morgan fingerprint density at radius 3 is 3.00 bits per heavy atom. The highest BCUT2D eigenvalue weighted by atomic mass is 19.1. The van der Waals surface area contributed by atoms with Crippen LogP contribution in [-0.2, 0) is 0 Å². The van der Waals surface area contributed by atoms with Crippen LogP contribution in [0.1, 0.15) is 0 Å². The van der Waals surface area contributed by atoms with E-state index >= 15 is 0 Å². The number of nitrogens with one attached hydrogen (secondary N) is 1. The van der Waals surface area contributed by atoms with E-state index in [-0.39, 0.29) is 5.82 Å². The molecule has 0 aromatic carbocycles. The third kappa shape index (κ3) is 1.45. The first kappa shape index (κ1) is 10.5. The van der Waals surface area contributed by atoms with Crippen molar-refractivity contribution < 1.29 is 9.50 Å². The van der Waals surface area contributed by atoms with Gasteiger partial charge in [-0.05, 0) is 12.1 Å². The minimum atomic E-state index is -1.30. The van der Waals surface area contributed by atoms with Gasteiger partial charge in [-0.15, -0.1) is 0 Å². The van der Waals surface area contributed by atoms with Crippen LogP contribution in [0.25, 0.3) is 16.9 Å². The maximum atomic E-state index is 13.0. The molecule has 0 fully saturated rings. The summed E-state index contributed by atoms with van der Waals surface area (Å²) in [6.07, 6.45) is 3.20. The van der Waals surface area contributed by atoms with Crippen LogP contribution >= 0.6 is 0 Å². The Morgan fingerprint density at radius 2 is 2.22 bits per heavy atom. The lowest BCUT2D eigenvalue weighted by Gasteiger charge is -2.00. The average molecular weight is 246 g/mol. The summed E-state index contributed by atoms with van der Waals surface area (Å²) in [4.78, 5) is 17.1. The molecule has 0 aliphatic heterocycles. The molecule has 6 nitrogen and oxygen atoms in total. The molecule has 0 bridgehead atoms. The quantitative estimate of drug-likeness (QED) is 0.669. The normalized spacial score (nSPS) is 10.9. The lowest BCUT2D eigenvalue weighted by atomic mass is 10.2. The van der Waals surface area contributed by atoms with Gasteiger partial charge in [0.05, 0.1) is 17.3 Å². The van der Waals surface area contributed by atoms with Gasteiger partial charge in [0.1, 0.15) is 5.82 Å².